The van der Waals surface area contributed by atoms with Crippen molar-refractivity contribution >= 4 is 11.6 Å². The first kappa shape index (κ1) is 13.0. The lowest BCUT2D eigenvalue weighted by molar-refractivity contribution is 0.0998. The molecule has 2 aromatic carbocycles. The number of hydrogen-bond donors (Lipinski definition) is 2. The Morgan fingerprint density at radius 2 is 1.89 bits per heavy atom. The van der Waals surface area contributed by atoms with Gasteiger partial charge in [0.15, 0.2) is 5.75 Å². The second kappa shape index (κ2) is 5.02. The predicted molar refractivity (Wildman–Crippen MR) is 75.4 cm³/mol. The molecule has 0 atom stereocenters. The Balaban J connectivity index is 2.46. The summed E-state index contributed by atoms with van der Waals surface area (Å²) in [4.78, 5) is 11.4. The Bertz CT molecular complexity index is 636. The molecular weight excluding hydrogens is 240 g/mol. The van der Waals surface area contributed by atoms with Crippen LogP contribution in [-0.4, -0.2) is 5.91 Å². The molecule has 0 saturated carbocycles. The Labute approximate surface area is 112 Å². The van der Waals surface area contributed by atoms with Crippen LogP contribution in [0.15, 0.2) is 36.4 Å². The molecule has 4 N–H and O–H groups in total. The summed E-state index contributed by atoms with van der Waals surface area (Å²) in [5, 5.41) is 0. The van der Waals surface area contributed by atoms with E-state index < -0.39 is 5.91 Å². The molecule has 19 heavy (non-hydrogen) atoms. The van der Waals surface area contributed by atoms with Gasteiger partial charge in [-0.15, -0.1) is 0 Å². The molecule has 0 aliphatic heterocycles. The zero-order valence-corrected chi connectivity index (χ0v) is 10.9. The standard InChI is InChI=1S/C15H16N2O2/c1-9-6-7-13(10(2)8-9)19-14-11(15(17)18)4-3-5-12(14)16/h3-8H,16H2,1-2H3,(H2,17,18). The molecule has 0 radical (unpaired) electrons. The molecule has 0 saturated heterocycles. The highest BCUT2D eigenvalue weighted by atomic mass is 16.5. The van der Waals surface area contributed by atoms with Crippen molar-refractivity contribution in [3.8, 4) is 11.5 Å². The smallest absolute Gasteiger partial charge is 0.252 e. The third kappa shape index (κ3) is 2.68. The molecule has 4 heteroatoms. The van der Waals surface area contributed by atoms with E-state index in [-0.39, 0.29) is 5.56 Å². The van der Waals surface area contributed by atoms with E-state index >= 15 is 0 Å². The van der Waals surface area contributed by atoms with Crippen LogP contribution < -0.4 is 16.2 Å². The molecule has 0 aliphatic carbocycles. The number of anilines is 1. The van der Waals surface area contributed by atoms with Crippen molar-refractivity contribution in [1.29, 1.82) is 0 Å². The normalized spacial score (nSPS) is 10.2. The van der Waals surface area contributed by atoms with E-state index in [2.05, 4.69) is 0 Å². The minimum Gasteiger partial charge on any atom is -0.454 e. The van der Waals surface area contributed by atoms with Gasteiger partial charge >= 0.3 is 0 Å². The Hall–Kier alpha value is -2.49. The number of hydrogen-bond acceptors (Lipinski definition) is 3. The fraction of sp³-hybridized carbons (Fsp3) is 0.133. The van der Waals surface area contributed by atoms with Gasteiger partial charge in [0.25, 0.3) is 5.91 Å². The van der Waals surface area contributed by atoms with E-state index in [1.807, 2.05) is 32.0 Å². The van der Waals surface area contributed by atoms with Gasteiger partial charge in [-0.25, -0.2) is 0 Å². The van der Waals surface area contributed by atoms with E-state index in [1.54, 1.807) is 18.2 Å². The van der Waals surface area contributed by atoms with Crippen LogP contribution in [0.1, 0.15) is 21.5 Å². The second-order valence-corrected chi connectivity index (χ2v) is 4.46. The zero-order chi connectivity index (χ0) is 14.0. The summed E-state index contributed by atoms with van der Waals surface area (Å²) in [6.07, 6.45) is 0. The summed E-state index contributed by atoms with van der Waals surface area (Å²) in [6.45, 7) is 3.94. The van der Waals surface area contributed by atoms with Gasteiger partial charge in [-0.05, 0) is 37.6 Å². The van der Waals surface area contributed by atoms with E-state index in [0.29, 0.717) is 17.2 Å². The highest BCUT2D eigenvalue weighted by Crippen LogP contribution is 2.32. The lowest BCUT2D eigenvalue weighted by Crippen LogP contribution is -2.13. The van der Waals surface area contributed by atoms with E-state index in [1.165, 1.54) is 0 Å². The van der Waals surface area contributed by atoms with Crippen LogP contribution >= 0.6 is 0 Å². The summed E-state index contributed by atoms with van der Waals surface area (Å²) in [5.74, 6) is 0.403. The quantitative estimate of drug-likeness (QED) is 0.829. The molecular formula is C15H16N2O2. The topological polar surface area (TPSA) is 78.3 Å². The third-order valence-corrected chi connectivity index (χ3v) is 2.85. The Morgan fingerprint density at radius 1 is 1.16 bits per heavy atom. The number of rotatable bonds is 3. The van der Waals surface area contributed by atoms with Crippen LogP contribution in [0.4, 0.5) is 5.69 Å². The average Bonchev–Trinajstić information content (AvgIpc) is 2.34. The van der Waals surface area contributed by atoms with Crippen LogP contribution in [0.25, 0.3) is 0 Å². The first-order valence-corrected chi connectivity index (χ1v) is 5.92. The molecule has 2 aromatic rings. The minimum atomic E-state index is -0.563. The number of nitrogen functional groups attached to an aromatic ring is 1. The van der Waals surface area contributed by atoms with Crippen molar-refractivity contribution in [2.45, 2.75) is 13.8 Å². The van der Waals surface area contributed by atoms with Crippen molar-refractivity contribution in [3.05, 3.63) is 53.1 Å². The summed E-state index contributed by atoms with van der Waals surface area (Å²) in [7, 11) is 0. The molecule has 0 heterocycles. The summed E-state index contributed by atoms with van der Waals surface area (Å²) in [6, 6.07) is 10.7. The van der Waals surface area contributed by atoms with Gasteiger partial charge < -0.3 is 16.2 Å². The van der Waals surface area contributed by atoms with Crippen molar-refractivity contribution in [3.63, 3.8) is 0 Å². The van der Waals surface area contributed by atoms with Crippen LogP contribution in [0.5, 0.6) is 11.5 Å². The van der Waals surface area contributed by atoms with Crippen LogP contribution in [-0.2, 0) is 0 Å². The molecule has 2 rings (SSSR count). The number of amides is 1. The van der Waals surface area contributed by atoms with Gasteiger partial charge in [-0.1, -0.05) is 23.8 Å². The number of primary amides is 1. The zero-order valence-electron chi connectivity index (χ0n) is 10.9. The Morgan fingerprint density at radius 3 is 2.53 bits per heavy atom. The third-order valence-electron chi connectivity index (χ3n) is 2.85. The number of aryl methyl sites for hydroxylation is 2. The average molecular weight is 256 g/mol. The van der Waals surface area contributed by atoms with E-state index in [9.17, 15) is 4.79 Å². The van der Waals surface area contributed by atoms with E-state index in [0.717, 1.165) is 11.1 Å². The highest BCUT2D eigenvalue weighted by Gasteiger charge is 2.14. The monoisotopic (exact) mass is 256 g/mol. The highest BCUT2D eigenvalue weighted by molar-refractivity contribution is 5.97. The van der Waals surface area contributed by atoms with Gasteiger partial charge in [0.2, 0.25) is 0 Å². The summed E-state index contributed by atoms with van der Waals surface area (Å²) < 4.78 is 5.76. The number of carbonyl (C=O) groups excluding carboxylic acids is 1. The first-order chi connectivity index (χ1) is 8.99. The van der Waals surface area contributed by atoms with Gasteiger partial charge in [-0.3, -0.25) is 4.79 Å². The molecule has 98 valence electrons. The van der Waals surface area contributed by atoms with Crippen LogP contribution in [0.3, 0.4) is 0 Å². The molecule has 0 aromatic heterocycles. The largest absolute Gasteiger partial charge is 0.454 e. The number of ether oxygens (including phenoxy) is 1. The first-order valence-electron chi connectivity index (χ1n) is 5.92. The molecule has 0 fully saturated rings. The maximum Gasteiger partial charge on any atom is 0.252 e. The van der Waals surface area contributed by atoms with Gasteiger partial charge in [0.1, 0.15) is 5.75 Å². The minimum absolute atomic E-state index is 0.278. The number of carbonyl (C=O) groups is 1. The fourth-order valence-corrected chi connectivity index (χ4v) is 1.89. The lowest BCUT2D eigenvalue weighted by atomic mass is 10.1. The van der Waals surface area contributed by atoms with Gasteiger partial charge in [0.05, 0.1) is 11.3 Å². The second-order valence-electron chi connectivity index (χ2n) is 4.46. The fourth-order valence-electron chi connectivity index (χ4n) is 1.89. The van der Waals surface area contributed by atoms with Crippen LogP contribution in [0.2, 0.25) is 0 Å². The van der Waals surface area contributed by atoms with E-state index in [4.69, 9.17) is 16.2 Å². The number of benzene rings is 2. The molecule has 1 amide bonds. The van der Waals surface area contributed by atoms with Crippen molar-refractivity contribution in [2.24, 2.45) is 5.73 Å². The van der Waals surface area contributed by atoms with Crippen molar-refractivity contribution < 1.29 is 9.53 Å². The molecule has 0 spiro atoms. The summed E-state index contributed by atoms with van der Waals surface area (Å²) in [5.41, 5.74) is 14.0. The van der Waals surface area contributed by atoms with Gasteiger partial charge in [0, 0.05) is 0 Å². The Kier molecular flexibility index (Phi) is 3.42. The molecule has 0 unspecified atom stereocenters. The predicted octanol–water partition coefficient (Wildman–Crippen LogP) is 2.78. The molecule has 0 aliphatic rings. The lowest BCUT2D eigenvalue weighted by Gasteiger charge is -2.13. The van der Waals surface area contributed by atoms with Crippen molar-refractivity contribution in [2.75, 3.05) is 5.73 Å². The van der Waals surface area contributed by atoms with Gasteiger partial charge in [-0.2, -0.15) is 0 Å². The van der Waals surface area contributed by atoms with Crippen LogP contribution in [0, 0.1) is 13.8 Å². The molecule has 0 bridgehead atoms. The number of nitrogens with two attached hydrogens (primary N) is 2. The maximum absolute atomic E-state index is 11.4. The maximum atomic E-state index is 11.4. The SMILES string of the molecule is Cc1ccc(Oc2c(N)cccc2C(N)=O)c(C)c1. The van der Waals surface area contributed by atoms with Crippen molar-refractivity contribution in [1.82, 2.24) is 0 Å². The summed E-state index contributed by atoms with van der Waals surface area (Å²) >= 11 is 0. The molecule has 4 nitrogen and oxygen atoms in total. The number of para-hydroxylation sites is 1.